The molecular weight excluding hydrogens is 400 g/mol. The van der Waals surface area contributed by atoms with Crippen molar-refractivity contribution in [3.63, 3.8) is 0 Å². The maximum absolute atomic E-state index is 13.0. The summed E-state index contributed by atoms with van der Waals surface area (Å²) in [5, 5.41) is 3.49. The van der Waals surface area contributed by atoms with Gasteiger partial charge in [0.1, 0.15) is 12.1 Å². The lowest BCUT2D eigenvalue weighted by molar-refractivity contribution is -0.135. The van der Waals surface area contributed by atoms with Crippen molar-refractivity contribution in [3.8, 4) is 0 Å². The number of nitrogens with one attached hydrogen (secondary N) is 1. The molecule has 2 fully saturated rings. The van der Waals surface area contributed by atoms with Crippen LogP contribution in [-0.2, 0) is 20.9 Å². The van der Waals surface area contributed by atoms with Crippen molar-refractivity contribution >= 4 is 52.0 Å². The summed E-state index contributed by atoms with van der Waals surface area (Å²) in [6.07, 6.45) is 6.62. The second-order valence-corrected chi connectivity index (χ2v) is 8.23. The summed E-state index contributed by atoms with van der Waals surface area (Å²) in [6.45, 7) is 3.10. The van der Waals surface area contributed by atoms with Crippen LogP contribution < -0.4 is 5.32 Å². The molecule has 0 unspecified atom stereocenters. The molecule has 1 aromatic carbocycles. The highest BCUT2D eigenvalue weighted by atomic mass is 32.1. The van der Waals surface area contributed by atoms with Gasteiger partial charge in [0.05, 0.1) is 0 Å². The molecule has 1 aromatic heterocycles. The Balaban J connectivity index is 1.69. The fraction of sp³-hybridized carbons (Fsp3) is 0.364. The summed E-state index contributed by atoms with van der Waals surface area (Å²) in [5.41, 5.74) is 1.62. The quantitative estimate of drug-likeness (QED) is 0.466. The number of hydrogen-bond acceptors (Lipinski definition) is 4. The van der Waals surface area contributed by atoms with Crippen molar-refractivity contribution in [2.24, 2.45) is 0 Å². The van der Waals surface area contributed by atoms with Crippen LogP contribution in [0.15, 0.2) is 36.0 Å². The van der Waals surface area contributed by atoms with Gasteiger partial charge in [-0.05, 0) is 50.5 Å². The number of carbonyl (C=O) groups is 3. The predicted molar refractivity (Wildman–Crippen MR) is 118 cm³/mol. The number of carbonyl (C=O) groups excluding carboxylic acids is 3. The monoisotopic (exact) mass is 424 g/mol. The molecule has 0 saturated carbocycles. The van der Waals surface area contributed by atoms with E-state index >= 15 is 0 Å². The molecule has 3 amide bonds. The first-order valence-electron chi connectivity index (χ1n) is 10.1. The third-order valence-electron chi connectivity index (χ3n) is 5.85. The van der Waals surface area contributed by atoms with Crippen LogP contribution in [0.2, 0.25) is 0 Å². The number of likely N-dealkylation sites (tertiary alicyclic amines) is 1. The molecule has 2 saturated heterocycles. The largest absolute Gasteiger partial charge is 0.338 e. The number of fused-ring (bicyclic) bond motifs is 1. The Morgan fingerprint density at radius 3 is 2.80 bits per heavy atom. The Labute approximate surface area is 180 Å². The van der Waals surface area contributed by atoms with Gasteiger partial charge in [0.25, 0.3) is 11.8 Å². The maximum atomic E-state index is 13.0. The van der Waals surface area contributed by atoms with Gasteiger partial charge in [-0.2, -0.15) is 0 Å². The first kappa shape index (κ1) is 20.3. The molecule has 1 N–H and O–H groups in total. The molecule has 7 nitrogen and oxygen atoms in total. The summed E-state index contributed by atoms with van der Waals surface area (Å²) in [5.74, 6) is -0.879. The van der Waals surface area contributed by atoms with Gasteiger partial charge < -0.3 is 9.47 Å². The molecule has 30 heavy (non-hydrogen) atoms. The standard InChI is InChI=1S/C22H24N4O3S/c1-14-7-5-6-10-26(14)19(27)13-25-12-15(16-8-3-4-9-18(16)25)11-17-20(28)23-22(30)24(2)21(17)29/h3-4,8-9,11-12,14H,5-7,10,13H2,1-2H3,(H,23,28,30)/b17-11-/t14-/m0/s1. The molecule has 156 valence electrons. The molecule has 2 aliphatic heterocycles. The first-order valence-corrected chi connectivity index (χ1v) is 10.5. The van der Waals surface area contributed by atoms with Crippen LogP contribution in [0.3, 0.4) is 0 Å². The van der Waals surface area contributed by atoms with Crippen LogP contribution in [0.25, 0.3) is 17.0 Å². The van der Waals surface area contributed by atoms with Gasteiger partial charge in [-0.25, -0.2) is 0 Å². The van der Waals surface area contributed by atoms with E-state index in [-0.39, 0.29) is 29.2 Å². The number of hydrogen-bond donors (Lipinski definition) is 1. The number of thiocarbonyl (C=S) groups is 1. The van der Waals surface area contributed by atoms with Crippen LogP contribution in [-0.4, -0.2) is 56.8 Å². The average Bonchev–Trinajstić information content (AvgIpc) is 3.07. The topological polar surface area (TPSA) is 74.7 Å². The van der Waals surface area contributed by atoms with E-state index in [1.807, 2.05) is 39.9 Å². The van der Waals surface area contributed by atoms with E-state index < -0.39 is 11.8 Å². The van der Waals surface area contributed by atoms with Crippen LogP contribution in [0.4, 0.5) is 0 Å². The van der Waals surface area contributed by atoms with Crippen LogP contribution in [0.1, 0.15) is 31.7 Å². The summed E-state index contributed by atoms with van der Waals surface area (Å²) in [6, 6.07) is 7.92. The number of para-hydroxylation sites is 1. The molecule has 0 radical (unpaired) electrons. The molecule has 2 aliphatic rings. The summed E-state index contributed by atoms with van der Waals surface area (Å²) in [4.78, 5) is 41.0. The number of benzene rings is 1. The van der Waals surface area contributed by atoms with E-state index in [0.717, 1.165) is 36.7 Å². The van der Waals surface area contributed by atoms with Crippen LogP contribution >= 0.6 is 12.2 Å². The zero-order chi connectivity index (χ0) is 21.4. The number of rotatable bonds is 3. The number of amides is 3. The van der Waals surface area contributed by atoms with Crippen molar-refractivity contribution in [1.29, 1.82) is 0 Å². The number of piperidine rings is 1. The summed E-state index contributed by atoms with van der Waals surface area (Å²) < 4.78 is 1.89. The Morgan fingerprint density at radius 2 is 2.03 bits per heavy atom. The van der Waals surface area contributed by atoms with Gasteiger partial charge in [0, 0.05) is 42.3 Å². The van der Waals surface area contributed by atoms with Crippen molar-refractivity contribution in [3.05, 3.63) is 41.6 Å². The minimum atomic E-state index is -0.516. The molecule has 3 heterocycles. The zero-order valence-corrected chi connectivity index (χ0v) is 17.9. The fourth-order valence-corrected chi connectivity index (χ4v) is 4.30. The molecular formula is C22H24N4O3S. The van der Waals surface area contributed by atoms with E-state index in [1.54, 1.807) is 6.08 Å². The lowest BCUT2D eigenvalue weighted by Crippen LogP contribution is -2.52. The molecule has 4 rings (SSSR count). The zero-order valence-electron chi connectivity index (χ0n) is 17.1. The van der Waals surface area contributed by atoms with Crippen molar-refractivity contribution in [1.82, 2.24) is 19.7 Å². The molecule has 2 aromatic rings. The van der Waals surface area contributed by atoms with Crippen molar-refractivity contribution in [2.45, 2.75) is 38.8 Å². The Morgan fingerprint density at radius 1 is 1.27 bits per heavy atom. The first-order chi connectivity index (χ1) is 14.4. The summed E-state index contributed by atoms with van der Waals surface area (Å²) >= 11 is 5.00. The van der Waals surface area contributed by atoms with Crippen molar-refractivity contribution < 1.29 is 14.4 Å². The number of likely N-dealkylation sites (N-methyl/N-ethyl adjacent to an activating group) is 1. The number of nitrogens with zero attached hydrogens (tertiary/aromatic N) is 3. The fourth-order valence-electron chi connectivity index (χ4n) is 4.13. The van der Waals surface area contributed by atoms with Gasteiger partial charge in [-0.15, -0.1) is 0 Å². The number of aromatic nitrogens is 1. The lowest BCUT2D eigenvalue weighted by Gasteiger charge is -2.33. The van der Waals surface area contributed by atoms with Gasteiger partial charge in [-0.1, -0.05) is 18.2 Å². The highest BCUT2D eigenvalue weighted by molar-refractivity contribution is 7.80. The third-order valence-corrected chi connectivity index (χ3v) is 6.23. The molecule has 0 aliphatic carbocycles. The normalized spacial score (nSPS) is 21.5. The molecule has 0 spiro atoms. The lowest BCUT2D eigenvalue weighted by atomic mass is 10.0. The molecule has 1 atom stereocenters. The van der Waals surface area contributed by atoms with Gasteiger partial charge in [0.15, 0.2) is 5.11 Å². The molecule has 8 heteroatoms. The highest BCUT2D eigenvalue weighted by Gasteiger charge is 2.31. The minimum Gasteiger partial charge on any atom is -0.338 e. The summed E-state index contributed by atoms with van der Waals surface area (Å²) in [7, 11) is 1.53. The maximum Gasteiger partial charge on any atom is 0.265 e. The second kappa shape index (κ2) is 8.02. The van der Waals surface area contributed by atoms with Crippen molar-refractivity contribution in [2.75, 3.05) is 13.6 Å². The van der Waals surface area contributed by atoms with E-state index in [2.05, 4.69) is 12.2 Å². The second-order valence-electron chi connectivity index (χ2n) is 7.84. The third kappa shape index (κ3) is 3.63. The van der Waals surface area contributed by atoms with E-state index in [9.17, 15) is 14.4 Å². The van der Waals surface area contributed by atoms with Gasteiger partial charge in [-0.3, -0.25) is 24.6 Å². The predicted octanol–water partition coefficient (Wildman–Crippen LogP) is 2.30. The van der Waals surface area contributed by atoms with Gasteiger partial charge >= 0.3 is 0 Å². The van der Waals surface area contributed by atoms with E-state index in [0.29, 0.717) is 5.56 Å². The van der Waals surface area contributed by atoms with Crippen LogP contribution in [0, 0.1) is 0 Å². The average molecular weight is 425 g/mol. The van der Waals surface area contributed by atoms with Gasteiger partial charge in [0.2, 0.25) is 5.91 Å². The highest BCUT2D eigenvalue weighted by Crippen LogP contribution is 2.25. The van der Waals surface area contributed by atoms with E-state index in [4.69, 9.17) is 12.2 Å². The SMILES string of the molecule is C[C@H]1CCCCN1C(=O)Cn1cc(/C=C2/C(=O)NC(=S)N(C)C2=O)c2ccccc21. The Bertz CT molecular complexity index is 1090. The molecule has 0 bridgehead atoms. The van der Waals surface area contributed by atoms with E-state index in [1.165, 1.54) is 11.9 Å². The van der Waals surface area contributed by atoms with Crippen LogP contribution in [0.5, 0.6) is 0 Å². The Kier molecular flexibility index (Phi) is 5.42. The Hall–Kier alpha value is -3.00. The minimum absolute atomic E-state index is 0.0185. The smallest absolute Gasteiger partial charge is 0.265 e.